The lowest BCUT2D eigenvalue weighted by Crippen LogP contribution is -2.52. The fraction of sp³-hybridized carbons (Fsp3) is 1.00. The summed E-state index contributed by atoms with van der Waals surface area (Å²) >= 11 is 0. The smallest absolute Gasteiger partial charge is 0.0145 e. The van der Waals surface area contributed by atoms with Crippen molar-refractivity contribution in [3.05, 3.63) is 0 Å². The number of nitrogens with one attached hydrogen (secondary N) is 1. The van der Waals surface area contributed by atoms with Gasteiger partial charge in [0, 0.05) is 18.6 Å². The van der Waals surface area contributed by atoms with E-state index < -0.39 is 0 Å². The zero-order chi connectivity index (χ0) is 13.0. The van der Waals surface area contributed by atoms with Crippen LogP contribution in [0.4, 0.5) is 0 Å². The average molecular weight is 253 g/mol. The lowest BCUT2D eigenvalue weighted by molar-refractivity contribution is 0.0378. The molecular weight excluding hydrogens is 222 g/mol. The minimum atomic E-state index is 0.670. The van der Waals surface area contributed by atoms with Crippen molar-refractivity contribution in [3.8, 4) is 0 Å². The van der Waals surface area contributed by atoms with Crippen LogP contribution in [0.25, 0.3) is 0 Å². The molecule has 2 rings (SSSR count). The molecule has 1 N–H and O–H groups in total. The van der Waals surface area contributed by atoms with Crippen molar-refractivity contribution in [3.63, 3.8) is 0 Å². The molecule has 106 valence electrons. The molecule has 18 heavy (non-hydrogen) atoms. The molecule has 0 aromatic heterocycles. The maximum atomic E-state index is 3.33. The Morgan fingerprint density at radius 1 is 1.28 bits per heavy atom. The molecule has 0 aliphatic carbocycles. The SMILES string of the molecule is CNC(C)CCCN1CCC2C(CCCN2C)C1. The standard InChI is InChI=1S/C15H31N3/c1-13(16-2)6-4-10-18-11-8-15-14(12-18)7-5-9-17(15)3/h13-16H,4-12H2,1-3H3. The summed E-state index contributed by atoms with van der Waals surface area (Å²) in [5.74, 6) is 0.944. The van der Waals surface area contributed by atoms with Gasteiger partial charge in [0.1, 0.15) is 0 Å². The Morgan fingerprint density at radius 2 is 2.11 bits per heavy atom. The lowest BCUT2D eigenvalue weighted by Gasteiger charge is -2.46. The van der Waals surface area contributed by atoms with Crippen molar-refractivity contribution in [2.75, 3.05) is 40.3 Å². The van der Waals surface area contributed by atoms with Gasteiger partial charge in [-0.05, 0) is 78.7 Å². The van der Waals surface area contributed by atoms with Gasteiger partial charge >= 0.3 is 0 Å². The summed E-state index contributed by atoms with van der Waals surface area (Å²) < 4.78 is 0. The highest BCUT2D eigenvalue weighted by atomic mass is 15.2. The Hall–Kier alpha value is -0.120. The second-order valence-electron chi connectivity index (χ2n) is 6.37. The first-order chi connectivity index (χ1) is 8.70. The zero-order valence-electron chi connectivity index (χ0n) is 12.5. The maximum absolute atomic E-state index is 3.33. The van der Waals surface area contributed by atoms with Gasteiger partial charge < -0.3 is 15.1 Å². The molecule has 0 aromatic rings. The summed E-state index contributed by atoms with van der Waals surface area (Å²) in [5, 5.41) is 3.33. The minimum Gasteiger partial charge on any atom is -0.317 e. The summed E-state index contributed by atoms with van der Waals surface area (Å²) in [6.45, 7) is 7.57. The molecule has 0 radical (unpaired) electrons. The van der Waals surface area contributed by atoms with Crippen molar-refractivity contribution in [2.45, 2.75) is 51.1 Å². The molecule has 0 amide bonds. The van der Waals surface area contributed by atoms with Crippen LogP contribution in [0.1, 0.15) is 39.0 Å². The van der Waals surface area contributed by atoms with Gasteiger partial charge in [-0.25, -0.2) is 0 Å². The van der Waals surface area contributed by atoms with E-state index in [9.17, 15) is 0 Å². The van der Waals surface area contributed by atoms with Gasteiger partial charge in [0.15, 0.2) is 0 Å². The van der Waals surface area contributed by atoms with E-state index in [-0.39, 0.29) is 0 Å². The first kappa shape index (κ1) is 14.3. The average Bonchev–Trinajstić information content (AvgIpc) is 2.38. The molecule has 3 unspecified atom stereocenters. The van der Waals surface area contributed by atoms with Crippen LogP contribution in [-0.2, 0) is 0 Å². The number of fused-ring (bicyclic) bond motifs is 1. The Bertz CT molecular complexity index is 244. The summed E-state index contributed by atoms with van der Waals surface area (Å²) in [6.07, 6.45) is 6.90. The quantitative estimate of drug-likeness (QED) is 0.806. The molecule has 0 aromatic carbocycles. The van der Waals surface area contributed by atoms with Crippen LogP contribution in [-0.4, -0.2) is 62.2 Å². The predicted octanol–water partition coefficient (Wildman–Crippen LogP) is 1.79. The van der Waals surface area contributed by atoms with Crippen LogP contribution in [0.3, 0.4) is 0 Å². The molecule has 0 saturated carbocycles. The van der Waals surface area contributed by atoms with Crippen molar-refractivity contribution in [2.24, 2.45) is 5.92 Å². The van der Waals surface area contributed by atoms with Gasteiger partial charge in [0.05, 0.1) is 0 Å². The van der Waals surface area contributed by atoms with Crippen molar-refractivity contribution in [1.29, 1.82) is 0 Å². The molecule has 2 heterocycles. The molecule has 3 heteroatoms. The van der Waals surface area contributed by atoms with E-state index >= 15 is 0 Å². The lowest BCUT2D eigenvalue weighted by atomic mass is 9.84. The highest BCUT2D eigenvalue weighted by Crippen LogP contribution is 2.29. The second kappa shape index (κ2) is 6.88. The third kappa shape index (κ3) is 3.69. The summed E-state index contributed by atoms with van der Waals surface area (Å²) in [5.41, 5.74) is 0. The fourth-order valence-electron chi connectivity index (χ4n) is 3.70. The number of hydrogen-bond donors (Lipinski definition) is 1. The Kier molecular flexibility index (Phi) is 5.46. The molecular formula is C15H31N3. The third-order valence-electron chi connectivity index (χ3n) is 5.03. The van der Waals surface area contributed by atoms with E-state index in [1.807, 2.05) is 0 Å². The Morgan fingerprint density at radius 3 is 2.89 bits per heavy atom. The predicted molar refractivity (Wildman–Crippen MR) is 78.0 cm³/mol. The molecule has 3 atom stereocenters. The second-order valence-corrected chi connectivity index (χ2v) is 6.37. The van der Waals surface area contributed by atoms with E-state index in [0.717, 1.165) is 12.0 Å². The van der Waals surface area contributed by atoms with Crippen LogP contribution < -0.4 is 5.32 Å². The van der Waals surface area contributed by atoms with Gasteiger partial charge in [0.25, 0.3) is 0 Å². The van der Waals surface area contributed by atoms with Crippen molar-refractivity contribution < 1.29 is 0 Å². The highest BCUT2D eigenvalue weighted by Gasteiger charge is 2.33. The summed E-state index contributed by atoms with van der Waals surface area (Å²) in [6, 6.07) is 1.55. The molecule has 2 aliphatic heterocycles. The number of piperidine rings is 2. The van der Waals surface area contributed by atoms with Crippen LogP contribution in [0, 0.1) is 5.92 Å². The number of likely N-dealkylation sites (tertiary alicyclic amines) is 2. The number of hydrogen-bond acceptors (Lipinski definition) is 3. The van der Waals surface area contributed by atoms with E-state index in [1.54, 1.807) is 0 Å². The van der Waals surface area contributed by atoms with E-state index in [0.29, 0.717) is 6.04 Å². The minimum absolute atomic E-state index is 0.670. The topological polar surface area (TPSA) is 18.5 Å². The largest absolute Gasteiger partial charge is 0.317 e. The van der Waals surface area contributed by atoms with E-state index in [2.05, 4.69) is 36.1 Å². The first-order valence-corrected chi connectivity index (χ1v) is 7.80. The highest BCUT2D eigenvalue weighted by molar-refractivity contribution is 4.89. The Labute approximate surface area is 113 Å². The van der Waals surface area contributed by atoms with E-state index in [1.165, 1.54) is 58.3 Å². The van der Waals surface area contributed by atoms with Crippen molar-refractivity contribution >= 4 is 0 Å². The van der Waals surface area contributed by atoms with Gasteiger partial charge in [-0.3, -0.25) is 0 Å². The molecule has 3 nitrogen and oxygen atoms in total. The van der Waals surface area contributed by atoms with Crippen LogP contribution in [0.2, 0.25) is 0 Å². The number of rotatable bonds is 5. The zero-order valence-corrected chi connectivity index (χ0v) is 12.5. The maximum Gasteiger partial charge on any atom is 0.0145 e. The molecule has 2 aliphatic rings. The summed E-state index contributed by atoms with van der Waals surface area (Å²) in [7, 11) is 4.38. The molecule has 2 saturated heterocycles. The molecule has 0 bridgehead atoms. The number of nitrogens with zero attached hydrogens (tertiary/aromatic N) is 2. The van der Waals surface area contributed by atoms with Gasteiger partial charge in [-0.1, -0.05) is 0 Å². The third-order valence-corrected chi connectivity index (χ3v) is 5.03. The monoisotopic (exact) mass is 253 g/mol. The van der Waals surface area contributed by atoms with Crippen LogP contribution in [0.15, 0.2) is 0 Å². The summed E-state index contributed by atoms with van der Waals surface area (Å²) in [4.78, 5) is 5.32. The van der Waals surface area contributed by atoms with Crippen LogP contribution in [0.5, 0.6) is 0 Å². The van der Waals surface area contributed by atoms with Crippen molar-refractivity contribution in [1.82, 2.24) is 15.1 Å². The molecule has 0 spiro atoms. The van der Waals surface area contributed by atoms with Gasteiger partial charge in [0.2, 0.25) is 0 Å². The normalized spacial score (nSPS) is 32.2. The van der Waals surface area contributed by atoms with E-state index in [4.69, 9.17) is 0 Å². The molecule has 2 fully saturated rings. The fourth-order valence-corrected chi connectivity index (χ4v) is 3.70. The first-order valence-electron chi connectivity index (χ1n) is 7.80. The van der Waals surface area contributed by atoms with Gasteiger partial charge in [-0.15, -0.1) is 0 Å². The van der Waals surface area contributed by atoms with Crippen LogP contribution >= 0.6 is 0 Å². The Balaban J connectivity index is 1.70. The van der Waals surface area contributed by atoms with Gasteiger partial charge in [-0.2, -0.15) is 0 Å².